The third-order valence-electron chi connectivity index (χ3n) is 6.67. The molecule has 0 spiro atoms. The Hall–Kier alpha value is -3.66. The molecule has 1 unspecified atom stereocenters. The first-order chi connectivity index (χ1) is 20.5. The highest BCUT2D eigenvalue weighted by Gasteiger charge is 2.34. The zero-order valence-electron chi connectivity index (χ0n) is 23.9. The van der Waals surface area contributed by atoms with Crippen LogP contribution in [0.2, 0.25) is 5.02 Å². The number of carbonyl (C=O) groups is 2. The highest BCUT2D eigenvalue weighted by atomic mass is 79.9. The Morgan fingerprint density at radius 2 is 1.44 bits per heavy atom. The molecule has 43 heavy (non-hydrogen) atoms. The second-order valence-electron chi connectivity index (χ2n) is 10.3. The number of hydrogen-bond acceptors (Lipinski definition) is 4. The first-order valence-corrected chi connectivity index (χ1v) is 16.4. The normalized spacial score (nSPS) is 12.0. The molecule has 4 aromatic carbocycles. The standard InChI is InChI=1S/C33H33BrClN3O4S/c1-24(2)36-33(40)31(21-25-10-5-3-6-11-25)37(22-26-12-9-13-27(34)20-26)32(39)23-38(29-14-7-4-8-15-29)43(41,42)30-18-16-28(35)17-19-30/h3-20,24,31H,21-23H2,1-2H3,(H,36,40). The van der Waals surface area contributed by atoms with Crippen LogP contribution >= 0.6 is 27.5 Å². The average Bonchev–Trinajstić information content (AvgIpc) is 2.98. The fourth-order valence-electron chi connectivity index (χ4n) is 4.62. The van der Waals surface area contributed by atoms with Crippen molar-refractivity contribution in [3.63, 3.8) is 0 Å². The lowest BCUT2D eigenvalue weighted by atomic mass is 10.0. The predicted molar refractivity (Wildman–Crippen MR) is 174 cm³/mol. The van der Waals surface area contributed by atoms with Crippen LogP contribution in [0.5, 0.6) is 0 Å². The molecule has 0 radical (unpaired) electrons. The number of benzene rings is 4. The van der Waals surface area contributed by atoms with Crippen LogP contribution in [0.25, 0.3) is 0 Å². The van der Waals surface area contributed by atoms with Gasteiger partial charge in [-0.05, 0) is 73.5 Å². The molecule has 1 atom stereocenters. The van der Waals surface area contributed by atoms with Gasteiger partial charge >= 0.3 is 0 Å². The quantitative estimate of drug-likeness (QED) is 0.186. The molecule has 0 saturated heterocycles. The molecule has 4 rings (SSSR count). The van der Waals surface area contributed by atoms with E-state index in [0.29, 0.717) is 10.7 Å². The Morgan fingerprint density at radius 3 is 2.05 bits per heavy atom. The lowest BCUT2D eigenvalue weighted by Gasteiger charge is -2.34. The number of halogens is 2. The Morgan fingerprint density at radius 1 is 0.837 bits per heavy atom. The van der Waals surface area contributed by atoms with Crippen LogP contribution in [0.15, 0.2) is 119 Å². The van der Waals surface area contributed by atoms with E-state index in [0.717, 1.165) is 19.9 Å². The highest BCUT2D eigenvalue weighted by Crippen LogP contribution is 2.26. The van der Waals surface area contributed by atoms with Gasteiger partial charge in [0.1, 0.15) is 12.6 Å². The van der Waals surface area contributed by atoms with E-state index in [1.165, 1.54) is 29.2 Å². The van der Waals surface area contributed by atoms with E-state index in [9.17, 15) is 18.0 Å². The van der Waals surface area contributed by atoms with Crippen LogP contribution in [-0.4, -0.2) is 43.8 Å². The SMILES string of the molecule is CC(C)NC(=O)C(Cc1ccccc1)N(Cc1cccc(Br)c1)C(=O)CN(c1ccccc1)S(=O)(=O)c1ccc(Cl)cc1. The maximum atomic E-state index is 14.4. The molecule has 0 saturated carbocycles. The van der Waals surface area contributed by atoms with Gasteiger partial charge in [-0.1, -0.05) is 88.2 Å². The molecule has 0 aromatic heterocycles. The van der Waals surface area contributed by atoms with Crippen molar-refractivity contribution in [3.05, 3.63) is 130 Å². The number of amides is 2. The van der Waals surface area contributed by atoms with E-state index in [2.05, 4.69) is 21.2 Å². The zero-order valence-corrected chi connectivity index (χ0v) is 27.0. The van der Waals surface area contributed by atoms with E-state index in [1.807, 2.05) is 68.4 Å². The van der Waals surface area contributed by atoms with Crippen LogP contribution < -0.4 is 9.62 Å². The summed E-state index contributed by atoms with van der Waals surface area (Å²) in [6.45, 7) is 3.27. The fourth-order valence-corrected chi connectivity index (χ4v) is 6.61. The fraction of sp³-hybridized carbons (Fsp3) is 0.212. The van der Waals surface area contributed by atoms with Gasteiger partial charge in [0.2, 0.25) is 11.8 Å². The van der Waals surface area contributed by atoms with Gasteiger partial charge in [-0.3, -0.25) is 13.9 Å². The topological polar surface area (TPSA) is 86.8 Å². The Balaban J connectivity index is 1.79. The van der Waals surface area contributed by atoms with Gasteiger partial charge in [0.05, 0.1) is 10.6 Å². The van der Waals surface area contributed by atoms with E-state index < -0.39 is 28.5 Å². The van der Waals surface area contributed by atoms with E-state index >= 15 is 0 Å². The molecule has 0 aliphatic heterocycles. The summed E-state index contributed by atoms with van der Waals surface area (Å²) in [5, 5.41) is 3.35. The summed E-state index contributed by atoms with van der Waals surface area (Å²) in [7, 11) is -4.18. The number of anilines is 1. The van der Waals surface area contributed by atoms with Crippen molar-refractivity contribution in [1.82, 2.24) is 10.2 Å². The number of sulfonamides is 1. The average molecular weight is 683 g/mol. The zero-order chi connectivity index (χ0) is 31.0. The summed E-state index contributed by atoms with van der Waals surface area (Å²) >= 11 is 9.52. The van der Waals surface area contributed by atoms with Crippen LogP contribution in [0.3, 0.4) is 0 Å². The molecule has 0 heterocycles. The predicted octanol–water partition coefficient (Wildman–Crippen LogP) is 6.46. The van der Waals surface area contributed by atoms with Crippen molar-refractivity contribution in [1.29, 1.82) is 0 Å². The van der Waals surface area contributed by atoms with Gasteiger partial charge < -0.3 is 10.2 Å². The maximum Gasteiger partial charge on any atom is 0.264 e. The number of carbonyl (C=O) groups excluding carboxylic acids is 2. The van der Waals surface area contributed by atoms with Gasteiger partial charge in [-0.25, -0.2) is 8.42 Å². The van der Waals surface area contributed by atoms with Crippen molar-refractivity contribution in [3.8, 4) is 0 Å². The molecular weight excluding hydrogens is 650 g/mol. The summed E-state index contributed by atoms with van der Waals surface area (Å²) in [5.74, 6) is -0.852. The second-order valence-corrected chi connectivity index (χ2v) is 13.5. The molecule has 2 amide bonds. The Labute approximate surface area is 266 Å². The Bertz CT molecular complexity index is 1640. The van der Waals surface area contributed by atoms with Gasteiger partial charge in [-0.2, -0.15) is 0 Å². The van der Waals surface area contributed by atoms with Crippen LogP contribution in [-0.2, 0) is 32.6 Å². The number of para-hydroxylation sites is 1. The molecule has 4 aromatic rings. The summed E-state index contributed by atoms with van der Waals surface area (Å²) in [6.07, 6.45) is 0.244. The van der Waals surface area contributed by atoms with Crippen LogP contribution in [0.1, 0.15) is 25.0 Å². The van der Waals surface area contributed by atoms with E-state index in [-0.39, 0.29) is 29.8 Å². The summed E-state index contributed by atoms with van der Waals surface area (Å²) in [6, 6.07) is 30.1. The van der Waals surface area contributed by atoms with Crippen molar-refractivity contribution in [2.45, 2.75) is 43.8 Å². The molecular formula is C33H33BrClN3O4S. The van der Waals surface area contributed by atoms with Crippen molar-refractivity contribution < 1.29 is 18.0 Å². The Kier molecular flexibility index (Phi) is 11.0. The van der Waals surface area contributed by atoms with Crippen LogP contribution in [0.4, 0.5) is 5.69 Å². The lowest BCUT2D eigenvalue weighted by molar-refractivity contribution is -0.140. The van der Waals surface area contributed by atoms with Crippen molar-refractivity contribution in [2.24, 2.45) is 0 Å². The second kappa shape index (κ2) is 14.7. The van der Waals surface area contributed by atoms with Crippen molar-refractivity contribution in [2.75, 3.05) is 10.8 Å². The minimum Gasteiger partial charge on any atom is -0.352 e. The summed E-state index contributed by atoms with van der Waals surface area (Å²) in [4.78, 5) is 29.5. The largest absolute Gasteiger partial charge is 0.352 e. The first kappa shape index (κ1) is 32.3. The summed E-state index contributed by atoms with van der Waals surface area (Å²) < 4.78 is 29.8. The smallest absolute Gasteiger partial charge is 0.264 e. The van der Waals surface area contributed by atoms with Gasteiger partial charge in [0.25, 0.3) is 10.0 Å². The van der Waals surface area contributed by atoms with E-state index in [1.54, 1.807) is 30.3 Å². The molecule has 0 bridgehead atoms. The molecule has 10 heteroatoms. The number of nitrogens with one attached hydrogen (secondary N) is 1. The number of rotatable bonds is 12. The maximum absolute atomic E-state index is 14.4. The van der Waals surface area contributed by atoms with Crippen molar-refractivity contribution >= 4 is 55.1 Å². The molecule has 0 aliphatic carbocycles. The molecule has 7 nitrogen and oxygen atoms in total. The summed E-state index contributed by atoms with van der Waals surface area (Å²) in [5.41, 5.74) is 1.97. The molecule has 0 aliphatic rings. The monoisotopic (exact) mass is 681 g/mol. The number of hydrogen-bond donors (Lipinski definition) is 1. The highest BCUT2D eigenvalue weighted by molar-refractivity contribution is 9.10. The molecule has 1 N–H and O–H groups in total. The third-order valence-corrected chi connectivity index (χ3v) is 9.20. The van der Waals surface area contributed by atoms with Gasteiger partial charge in [0.15, 0.2) is 0 Å². The lowest BCUT2D eigenvalue weighted by Crippen LogP contribution is -2.54. The molecule has 0 fully saturated rings. The number of nitrogens with zero attached hydrogens (tertiary/aromatic N) is 2. The van der Waals surface area contributed by atoms with Gasteiger partial charge in [0, 0.05) is 28.5 Å². The minimum absolute atomic E-state index is 0.00882. The third kappa shape index (κ3) is 8.69. The minimum atomic E-state index is -4.18. The van der Waals surface area contributed by atoms with Gasteiger partial charge in [-0.15, -0.1) is 0 Å². The first-order valence-electron chi connectivity index (χ1n) is 13.8. The molecule has 224 valence electrons. The van der Waals surface area contributed by atoms with Crippen LogP contribution in [0, 0.1) is 0 Å². The van der Waals surface area contributed by atoms with E-state index in [4.69, 9.17) is 11.6 Å².